The number of anilines is 1. The maximum atomic E-state index is 12.5. The molecule has 5 nitrogen and oxygen atoms in total. The fourth-order valence-corrected chi connectivity index (χ4v) is 3.50. The van der Waals surface area contributed by atoms with Crippen LogP contribution in [0.15, 0.2) is 36.7 Å². The van der Waals surface area contributed by atoms with E-state index in [1.807, 2.05) is 24.3 Å². The highest BCUT2D eigenvalue weighted by atomic mass is 35.5. The van der Waals surface area contributed by atoms with Crippen molar-refractivity contribution in [3.05, 3.63) is 52.9 Å². The maximum absolute atomic E-state index is 12.5. The number of hydrogen-bond donors (Lipinski definition) is 2. The second-order valence-electron chi connectivity index (χ2n) is 6.76. The summed E-state index contributed by atoms with van der Waals surface area (Å²) in [6, 6.07) is 9.78. The van der Waals surface area contributed by atoms with E-state index in [9.17, 15) is 4.79 Å². The Hall–Kier alpha value is -2.14. The molecule has 1 aliphatic carbocycles. The van der Waals surface area contributed by atoms with Gasteiger partial charge in [-0.3, -0.25) is 4.79 Å². The number of nitrogens with zero attached hydrogens (tertiary/aromatic N) is 2. The minimum atomic E-state index is -0.114. The van der Waals surface area contributed by atoms with E-state index in [1.165, 1.54) is 32.0 Å². The summed E-state index contributed by atoms with van der Waals surface area (Å²) < 4.78 is 0. The van der Waals surface area contributed by atoms with E-state index in [1.54, 1.807) is 6.07 Å². The van der Waals surface area contributed by atoms with Gasteiger partial charge in [0.05, 0.1) is 0 Å². The highest BCUT2D eigenvalue weighted by molar-refractivity contribution is 6.30. The lowest BCUT2D eigenvalue weighted by Gasteiger charge is -2.16. The van der Waals surface area contributed by atoms with E-state index in [4.69, 9.17) is 11.6 Å². The number of carbonyl (C=O) groups is 1. The Morgan fingerprint density at radius 1 is 1.12 bits per heavy atom. The Kier molecular flexibility index (Phi) is 6.83. The normalized spacial score (nSPS) is 15.3. The van der Waals surface area contributed by atoms with Crippen molar-refractivity contribution in [2.75, 3.05) is 11.9 Å². The van der Waals surface area contributed by atoms with Crippen LogP contribution in [0, 0.1) is 0 Å². The third-order valence-corrected chi connectivity index (χ3v) is 4.93. The molecular formula is C20H25ClN4O. The molecule has 0 radical (unpaired) electrons. The molecule has 1 aromatic heterocycles. The molecule has 0 atom stereocenters. The number of hydrogen-bond acceptors (Lipinski definition) is 4. The van der Waals surface area contributed by atoms with Crippen molar-refractivity contribution in [3.63, 3.8) is 0 Å². The van der Waals surface area contributed by atoms with Crippen LogP contribution in [0.5, 0.6) is 0 Å². The molecule has 1 saturated carbocycles. The molecule has 0 aliphatic heterocycles. The second-order valence-corrected chi connectivity index (χ2v) is 7.19. The number of amides is 1. The largest absolute Gasteiger partial charge is 0.370 e. The van der Waals surface area contributed by atoms with Gasteiger partial charge in [-0.05, 0) is 37.0 Å². The van der Waals surface area contributed by atoms with Crippen LogP contribution in [0.4, 0.5) is 5.82 Å². The zero-order valence-electron chi connectivity index (χ0n) is 14.9. The molecule has 26 heavy (non-hydrogen) atoms. The van der Waals surface area contributed by atoms with Crippen LogP contribution in [-0.4, -0.2) is 28.5 Å². The van der Waals surface area contributed by atoms with Gasteiger partial charge < -0.3 is 10.6 Å². The predicted molar refractivity (Wildman–Crippen MR) is 105 cm³/mol. The summed E-state index contributed by atoms with van der Waals surface area (Å²) in [5, 5.41) is 7.10. The third kappa shape index (κ3) is 5.70. The highest BCUT2D eigenvalue weighted by Gasteiger charge is 2.16. The van der Waals surface area contributed by atoms with Crippen molar-refractivity contribution in [2.24, 2.45) is 0 Å². The molecule has 3 rings (SSSR count). The molecule has 1 fully saturated rings. The van der Waals surface area contributed by atoms with Gasteiger partial charge in [-0.25, -0.2) is 9.97 Å². The van der Waals surface area contributed by atoms with Crippen molar-refractivity contribution in [3.8, 4) is 0 Å². The molecule has 0 bridgehead atoms. The summed E-state index contributed by atoms with van der Waals surface area (Å²) in [6.45, 7) is 0.709. The van der Waals surface area contributed by atoms with Crippen molar-refractivity contribution >= 4 is 23.3 Å². The number of halogens is 1. The van der Waals surface area contributed by atoms with Crippen LogP contribution in [0.3, 0.4) is 0 Å². The fourth-order valence-electron chi connectivity index (χ4n) is 3.29. The monoisotopic (exact) mass is 372 g/mol. The van der Waals surface area contributed by atoms with Crippen molar-refractivity contribution in [2.45, 2.75) is 51.0 Å². The van der Waals surface area contributed by atoms with Crippen LogP contribution in [0.1, 0.15) is 54.6 Å². The van der Waals surface area contributed by atoms with Gasteiger partial charge in [0, 0.05) is 23.7 Å². The van der Waals surface area contributed by atoms with Crippen LogP contribution in [0.2, 0.25) is 5.02 Å². The van der Waals surface area contributed by atoms with E-state index in [-0.39, 0.29) is 11.9 Å². The average molecular weight is 373 g/mol. The molecule has 1 amide bonds. The van der Waals surface area contributed by atoms with Gasteiger partial charge in [0.2, 0.25) is 0 Å². The number of nitrogens with one attached hydrogen (secondary N) is 2. The summed E-state index contributed by atoms with van der Waals surface area (Å²) in [5.74, 6) is 0.547. The third-order valence-electron chi connectivity index (χ3n) is 4.70. The smallest absolute Gasteiger partial charge is 0.270 e. The molecule has 0 saturated heterocycles. The molecule has 1 aliphatic rings. The molecule has 0 spiro atoms. The summed E-state index contributed by atoms with van der Waals surface area (Å²) in [4.78, 5) is 20.8. The molecular weight excluding hydrogens is 348 g/mol. The summed E-state index contributed by atoms with van der Waals surface area (Å²) in [5.41, 5.74) is 1.57. The Bertz CT molecular complexity index is 729. The van der Waals surface area contributed by atoms with Gasteiger partial charge in [-0.1, -0.05) is 49.4 Å². The Morgan fingerprint density at radius 2 is 1.92 bits per heavy atom. The molecule has 1 heterocycles. The minimum Gasteiger partial charge on any atom is -0.370 e. The van der Waals surface area contributed by atoms with Crippen molar-refractivity contribution in [1.82, 2.24) is 15.3 Å². The maximum Gasteiger partial charge on any atom is 0.270 e. The average Bonchev–Trinajstić information content (AvgIpc) is 2.91. The predicted octanol–water partition coefficient (Wildman–Crippen LogP) is 4.24. The van der Waals surface area contributed by atoms with E-state index in [2.05, 4.69) is 20.6 Å². The Morgan fingerprint density at radius 3 is 2.69 bits per heavy atom. The van der Waals surface area contributed by atoms with Gasteiger partial charge in [0.25, 0.3) is 5.91 Å². The molecule has 2 aromatic rings. The zero-order valence-corrected chi connectivity index (χ0v) is 15.6. The summed E-state index contributed by atoms with van der Waals surface area (Å²) in [6.07, 6.45) is 9.28. The summed E-state index contributed by atoms with van der Waals surface area (Å²) >= 11 is 6.00. The lowest BCUT2D eigenvalue weighted by molar-refractivity contribution is 0.0928. The molecule has 1 aromatic carbocycles. The molecule has 0 unspecified atom stereocenters. The van der Waals surface area contributed by atoms with Crippen LogP contribution < -0.4 is 10.6 Å². The Labute approximate surface area is 159 Å². The van der Waals surface area contributed by atoms with E-state index in [0.717, 1.165) is 29.8 Å². The number of benzene rings is 1. The lowest BCUT2D eigenvalue weighted by atomic mass is 10.1. The van der Waals surface area contributed by atoms with Gasteiger partial charge in [0.15, 0.2) is 0 Å². The standard InChI is InChI=1S/C20H25ClN4O/c21-16-7-5-6-15(12-16)10-11-22-19-13-18(23-14-24-19)20(26)25-17-8-3-1-2-4-9-17/h5-7,12-14,17H,1-4,8-11H2,(H,25,26)(H,22,23,24). The minimum absolute atomic E-state index is 0.114. The van der Waals surface area contributed by atoms with Crippen molar-refractivity contribution in [1.29, 1.82) is 0 Å². The van der Waals surface area contributed by atoms with Crippen LogP contribution in [0.25, 0.3) is 0 Å². The zero-order chi connectivity index (χ0) is 18.2. The van der Waals surface area contributed by atoms with Gasteiger partial charge in [-0.2, -0.15) is 0 Å². The first kappa shape index (κ1) is 18.6. The SMILES string of the molecule is O=C(NC1CCCCCC1)c1cc(NCCc2cccc(Cl)c2)ncn1. The van der Waals surface area contributed by atoms with Crippen LogP contribution in [-0.2, 0) is 6.42 Å². The first-order valence-corrected chi connectivity index (χ1v) is 9.70. The molecule has 6 heteroatoms. The number of aromatic nitrogens is 2. The Balaban J connectivity index is 1.52. The first-order chi connectivity index (χ1) is 12.7. The van der Waals surface area contributed by atoms with E-state index >= 15 is 0 Å². The van der Waals surface area contributed by atoms with Gasteiger partial charge in [0.1, 0.15) is 17.8 Å². The molecule has 2 N–H and O–H groups in total. The lowest BCUT2D eigenvalue weighted by Crippen LogP contribution is -2.35. The molecule has 138 valence electrons. The fraction of sp³-hybridized carbons (Fsp3) is 0.450. The summed E-state index contributed by atoms with van der Waals surface area (Å²) in [7, 11) is 0. The van der Waals surface area contributed by atoms with Gasteiger partial charge >= 0.3 is 0 Å². The van der Waals surface area contributed by atoms with Gasteiger partial charge in [-0.15, -0.1) is 0 Å². The van der Waals surface area contributed by atoms with Crippen LogP contribution >= 0.6 is 11.6 Å². The first-order valence-electron chi connectivity index (χ1n) is 9.32. The van der Waals surface area contributed by atoms with E-state index < -0.39 is 0 Å². The highest BCUT2D eigenvalue weighted by Crippen LogP contribution is 2.17. The van der Waals surface area contributed by atoms with E-state index in [0.29, 0.717) is 18.1 Å². The number of carbonyl (C=O) groups excluding carboxylic acids is 1. The second kappa shape index (κ2) is 9.53. The quantitative estimate of drug-likeness (QED) is 0.744. The van der Waals surface area contributed by atoms with Crippen molar-refractivity contribution < 1.29 is 4.79 Å². The number of rotatable bonds is 6. The topological polar surface area (TPSA) is 66.9 Å².